The van der Waals surface area contributed by atoms with Gasteiger partial charge >= 0.3 is 0 Å². The van der Waals surface area contributed by atoms with Crippen LogP contribution >= 0.6 is 0 Å². The number of hydrogen-bond donors (Lipinski definition) is 0. The zero-order chi connectivity index (χ0) is 46.1. The molecule has 0 spiro atoms. The van der Waals surface area contributed by atoms with Gasteiger partial charge in [0.25, 0.3) is 0 Å². The summed E-state index contributed by atoms with van der Waals surface area (Å²) < 4.78 is 0. The maximum Gasteiger partial charge on any atom is 0.113 e. The van der Waals surface area contributed by atoms with Gasteiger partial charge in [-0.25, -0.2) is 0 Å². The van der Waals surface area contributed by atoms with Gasteiger partial charge in [-0.3, -0.25) is 0 Å². The third kappa shape index (κ3) is 6.76. The first-order valence-corrected chi connectivity index (χ1v) is 26.8. The summed E-state index contributed by atoms with van der Waals surface area (Å²) in [4.78, 5) is 4.87. The highest BCUT2D eigenvalue weighted by molar-refractivity contribution is 7.03. The van der Waals surface area contributed by atoms with Gasteiger partial charge in [-0.05, 0) is 169 Å². The van der Waals surface area contributed by atoms with E-state index in [2.05, 4.69) is 268 Å². The van der Waals surface area contributed by atoms with Gasteiger partial charge in [0.05, 0.1) is 11.4 Å². The Morgan fingerprint density at radius 1 is 0.324 bits per heavy atom. The van der Waals surface area contributed by atoms with Gasteiger partial charge in [0.1, 0.15) is 8.07 Å². The summed E-state index contributed by atoms with van der Waals surface area (Å²) in [6.07, 6.45) is 0. The number of hydrogen-bond acceptors (Lipinski definition) is 2. The molecule has 0 fully saturated rings. The number of rotatable bonds is 8. The van der Waals surface area contributed by atoms with Gasteiger partial charge < -0.3 is 9.80 Å². The Balaban J connectivity index is 1.02. The van der Waals surface area contributed by atoms with Crippen LogP contribution in [0, 0.1) is 20.8 Å². The molecule has 0 radical (unpaired) electrons. The molecular formula is C65H52N2Si. The van der Waals surface area contributed by atoms with Crippen LogP contribution in [0.3, 0.4) is 0 Å². The van der Waals surface area contributed by atoms with Crippen LogP contribution in [0.25, 0.3) is 65.7 Å². The fourth-order valence-corrected chi connectivity index (χ4v) is 14.5. The van der Waals surface area contributed by atoms with E-state index in [1.54, 1.807) is 0 Å². The molecule has 68 heavy (non-hydrogen) atoms. The van der Waals surface area contributed by atoms with Crippen molar-refractivity contribution >= 4 is 84.9 Å². The van der Waals surface area contributed by atoms with E-state index >= 15 is 0 Å². The lowest BCUT2D eigenvalue weighted by molar-refractivity contribution is 1.20. The van der Waals surface area contributed by atoms with Crippen molar-refractivity contribution in [3.63, 3.8) is 0 Å². The molecule has 0 saturated heterocycles. The van der Waals surface area contributed by atoms with E-state index in [-0.39, 0.29) is 0 Å². The van der Waals surface area contributed by atoms with Crippen molar-refractivity contribution in [1.29, 1.82) is 0 Å². The van der Waals surface area contributed by atoms with E-state index in [0.29, 0.717) is 0 Å². The lowest BCUT2D eigenvalue weighted by Crippen LogP contribution is -2.56. The highest BCUT2D eigenvalue weighted by Gasteiger charge is 2.37. The highest BCUT2D eigenvalue weighted by atomic mass is 28.3. The SMILES string of the molecule is Cc1cc(C)c(N(c2ccccc2)c2ccc3c(c2)[Si](C)(C)c2cccc4c2c-3cc2c3ccccc3c(-c3ccc(N(c5ccccc5)c5ccccc5-c5ccccc5)cc3)cc42)c(C)c1. The summed E-state index contributed by atoms with van der Waals surface area (Å²) in [5, 5.41) is 10.9. The fraction of sp³-hybridized carbons (Fsp3) is 0.0769. The molecule has 2 nitrogen and oxygen atoms in total. The molecule has 0 N–H and O–H groups in total. The molecule has 12 rings (SSSR count). The van der Waals surface area contributed by atoms with Gasteiger partial charge in [-0.2, -0.15) is 0 Å². The van der Waals surface area contributed by atoms with E-state index in [1.807, 2.05) is 0 Å². The Hall–Kier alpha value is -7.98. The molecule has 0 unspecified atom stereocenters. The lowest BCUT2D eigenvalue weighted by Gasteiger charge is -2.36. The first-order chi connectivity index (χ1) is 33.2. The summed E-state index contributed by atoms with van der Waals surface area (Å²) in [5.41, 5.74) is 18.4. The third-order valence-electron chi connectivity index (χ3n) is 14.5. The van der Waals surface area contributed by atoms with E-state index in [0.717, 1.165) is 17.1 Å². The van der Waals surface area contributed by atoms with Crippen LogP contribution in [-0.4, -0.2) is 8.07 Å². The van der Waals surface area contributed by atoms with Crippen LogP contribution in [0.5, 0.6) is 0 Å². The molecule has 1 aliphatic heterocycles. The van der Waals surface area contributed by atoms with E-state index < -0.39 is 8.07 Å². The summed E-state index contributed by atoms with van der Waals surface area (Å²) >= 11 is 0. The topological polar surface area (TPSA) is 6.48 Å². The van der Waals surface area contributed by atoms with Crippen molar-refractivity contribution in [3.8, 4) is 33.4 Å². The van der Waals surface area contributed by atoms with Crippen molar-refractivity contribution in [2.45, 2.75) is 33.9 Å². The average molecular weight is 889 g/mol. The Morgan fingerprint density at radius 3 is 1.56 bits per heavy atom. The van der Waals surface area contributed by atoms with E-state index in [4.69, 9.17) is 0 Å². The molecular weight excluding hydrogens is 837 g/mol. The minimum absolute atomic E-state index is 1.11. The number of anilines is 6. The van der Waals surface area contributed by atoms with Crippen molar-refractivity contribution in [3.05, 3.63) is 241 Å². The minimum atomic E-state index is -2.23. The number of para-hydroxylation sites is 3. The van der Waals surface area contributed by atoms with Gasteiger partial charge in [0, 0.05) is 28.3 Å². The highest BCUT2D eigenvalue weighted by Crippen LogP contribution is 2.47. The monoisotopic (exact) mass is 888 g/mol. The Bertz CT molecular complexity index is 3700. The Morgan fingerprint density at radius 2 is 0.853 bits per heavy atom. The first kappa shape index (κ1) is 41.4. The van der Waals surface area contributed by atoms with Crippen molar-refractivity contribution < 1.29 is 0 Å². The third-order valence-corrected chi connectivity index (χ3v) is 18.0. The number of benzene rings is 11. The molecule has 0 aromatic heterocycles. The molecule has 0 aliphatic carbocycles. The molecule has 1 heterocycles. The normalized spacial score (nSPS) is 12.6. The average Bonchev–Trinajstić information content (AvgIpc) is 3.37. The van der Waals surface area contributed by atoms with Crippen molar-refractivity contribution in [2.75, 3.05) is 9.80 Å². The summed E-state index contributed by atoms with van der Waals surface area (Å²) in [7, 11) is -2.23. The second kappa shape index (κ2) is 16.4. The van der Waals surface area contributed by atoms with E-state index in [9.17, 15) is 0 Å². The number of aryl methyl sites for hydroxylation is 3. The maximum atomic E-state index is 2.55. The second-order valence-corrected chi connectivity index (χ2v) is 23.4. The second-order valence-electron chi connectivity index (χ2n) is 19.1. The molecule has 1 aliphatic rings. The van der Waals surface area contributed by atoms with Gasteiger partial charge in [0.15, 0.2) is 0 Å². The van der Waals surface area contributed by atoms with Crippen LogP contribution in [-0.2, 0) is 0 Å². The molecule has 0 atom stereocenters. The van der Waals surface area contributed by atoms with Crippen LogP contribution in [0.4, 0.5) is 34.1 Å². The molecule has 0 saturated carbocycles. The van der Waals surface area contributed by atoms with Crippen LogP contribution in [0.1, 0.15) is 16.7 Å². The predicted molar refractivity (Wildman–Crippen MR) is 296 cm³/mol. The summed E-state index contributed by atoms with van der Waals surface area (Å²) in [5.74, 6) is 0. The molecule has 326 valence electrons. The molecule has 11 aromatic rings. The lowest BCUT2D eigenvalue weighted by atomic mass is 9.87. The molecule has 0 bridgehead atoms. The number of nitrogens with zero attached hydrogens (tertiary/aromatic N) is 2. The summed E-state index contributed by atoms with van der Waals surface area (Å²) in [6, 6.07) is 83.3. The zero-order valence-electron chi connectivity index (χ0n) is 39.3. The summed E-state index contributed by atoms with van der Waals surface area (Å²) in [6.45, 7) is 11.8. The molecule has 11 aromatic carbocycles. The Labute approximate surface area is 401 Å². The van der Waals surface area contributed by atoms with Crippen molar-refractivity contribution in [1.82, 2.24) is 0 Å². The van der Waals surface area contributed by atoms with Crippen LogP contribution in [0.15, 0.2) is 224 Å². The zero-order valence-corrected chi connectivity index (χ0v) is 40.3. The van der Waals surface area contributed by atoms with E-state index in [1.165, 1.54) is 110 Å². The maximum absolute atomic E-state index is 2.55. The van der Waals surface area contributed by atoms with Crippen molar-refractivity contribution in [2.24, 2.45) is 0 Å². The van der Waals surface area contributed by atoms with Crippen LogP contribution < -0.4 is 20.2 Å². The smallest absolute Gasteiger partial charge is 0.113 e. The van der Waals surface area contributed by atoms with Gasteiger partial charge in [-0.1, -0.05) is 176 Å². The predicted octanol–water partition coefficient (Wildman–Crippen LogP) is 17.1. The van der Waals surface area contributed by atoms with Gasteiger partial charge in [-0.15, -0.1) is 0 Å². The minimum Gasteiger partial charge on any atom is -0.310 e. The van der Waals surface area contributed by atoms with Gasteiger partial charge in [0.2, 0.25) is 0 Å². The fourth-order valence-electron chi connectivity index (χ4n) is 11.4. The largest absolute Gasteiger partial charge is 0.310 e. The standard InChI is InChI=1S/C65H52N2Si/c1-43-38-44(2)65(45(3)39-43)67(49-24-13-8-14-25-49)51-36-37-55-60-42-58-54-28-16-15-27-53(54)57(41-59(58)56-29-19-31-62(64(56)60)68(4,5)63(55)40-51)47-32-34-50(35-33-47)66(48-22-11-7-12-23-48)61-30-18-17-26-52(61)46-20-9-6-10-21-46/h6-42H,1-5H3. The molecule has 0 amide bonds. The quantitative estimate of drug-likeness (QED) is 0.111. The first-order valence-electron chi connectivity index (χ1n) is 23.8. The molecule has 3 heteroatoms. The number of fused-ring (bicyclic) bond motifs is 6. The van der Waals surface area contributed by atoms with Crippen LogP contribution in [0.2, 0.25) is 13.1 Å². The Kier molecular flexibility index (Phi) is 10.0.